The Hall–Kier alpha value is -3.16. The fraction of sp³-hybridized carbons (Fsp3) is 0.333. The Morgan fingerprint density at radius 2 is 1.42 bits per heavy atom. The maximum Gasteiger partial charge on any atom is 0.241 e. The number of benzene rings is 2. The molecule has 160 valence electrons. The van der Waals surface area contributed by atoms with Crippen molar-refractivity contribution in [3.63, 3.8) is 0 Å². The van der Waals surface area contributed by atoms with Crippen molar-refractivity contribution in [1.82, 2.24) is 10.6 Å². The van der Waals surface area contributed by atoms with Crippen LogP contribution in [-0.2, 0) is 9.59 Å². The lowest BCUT2D eigenvalue weighted by Gasteiger charge is -2.11. The van der Waals surface area contributed by atoms with Gasteiger partial charge in [0.05, 0.1) is 12.1 Å². The molecule has 0 aliphatic carbocycles. The minimum absolute atomic E-state index is 0.00556. The standard InChI is InChI=1S/C24H26N4O3/c29-23(19-3-1-11-25-19)27-17-7-5-15(6-8-17)22-14-16-13-18(9-10-21(16)31-22)28-24(30)20-4-2-12-26-20/h5-10,13-14,19-20,25-26H,1-4,11-12H2,(H,27,29)(H,28,30). The summed E-state index contributed by atoms with van der Waals surface area (Å²) in [7, 11) is 0. The number of hydrogen-bond acceptors (Lipinski definition) is 5. The van der Waals surface area contributed by atoms with Gasteiger partial charge in [-0.25, -0.2) is 0 Å². The number of hydrogen-bond donors (Lipinski definition) is 4. The summed E-state index contributed by atoms with van der Waals surface area (Å²) in [5, 5.41) is 13.3. The van der Waals surface area contributed by atoms with Crippen molar-refractivity contribution < 1.29 is 14.0 Å². The van der Waals surface area contributed by atoms with Crippen LogP contribution in [0.15, 0.2) is 52.9 Å². The van der Waals surface area contributed by atoms with Gasteiger partial charge in [0.2, 0.25) is 11.8 Å². The number of furan rings is 1. The van der Waals surface area contributed by atoms with Gasteiger partial charge in [0.15, 0.2) is 0 Å². The summed E-state index contributed by atoms with van der Waals surface area (Å²) in [6, 6.07) is 15.1. The van der Waals surface area contributed by atoms with Gasteiger partial charge in [0.25, 0.3) is 0 Å². The summed E-state index contributed by atoms with van der Waals surface area (Å²) in [6.07, 6.45) is 3.81. The van der Waals surface area contributed by atoms with Gasteiger partial charge < -0.3 is 25.7 Å². The van der Waals surface area contributed by atoms with Gasteiger partial charge in [-0.15, -0.1) is 0 Å². The fourth-order valence-electron chi connectivity index (χ4n) is 4.26. The molecule has 4 N–H and O–H groups in total. The molecule has 0 bridgehead atoms. The number of fused-ring (bicyclic) bond motifs is 1. The van der Waals surface area contributed by atoms with E-state index in [4.69, 9.17) is 4.42 Å². The van der Waals surface area contributed by atoms with E-state index in [-0.39, 0.29) is 23.9 Å². The van der Waals surface area contributed by atoms with Crippen LogP contribution in [-0.4, -0.2) is 37.0 Å². The molecule has 5 rings (SSSR count). The van der Waals surface area contributed by atoms with E-state index in [0.717, 1.165) is 72.4 Å². The molecule has 2 atom stereocenters. The van der Waals surface area contributed by atoms with Gasteiger partial charge in [-0.1, -0.05) is 0 Å². The second-order valence-corrected chi connectivity index (χ2v) is 8.22. The molecule has 2 aliphatic rings. The smallest absolute Gasteiger partial charge is 0.241 e. The lowest BCUT2D eigenvalue weighted by molar-refractivity contribution is -0.118. The third-order valence-corrected chi connectivity index (χ3v) is 5.97. The summed E-state index contributed by atoms with van der Waals surface area (Å²) in [5.74, 6) is 0.758. The zero-order valence-electron chi connectivity index (χ0n) is 17.2. The predicted octanol–water partition coefficient (Wildman–Crippen LogP) is 3.48. The van der Waals surface area contributed by atoms with E-state index in [1.807, 2.05) is 48.5 Å². The molecule has 3 aromatic rings. The molecular formula is C24H26N4O3. The number of anilines is 2. The van der Waals surface area contributed by atoms with Gasteiger partial charge in [-0.2, -0.15) is 0 Å². The number of rotatable bonds is 5. The van der Waals surface area contributed by atoms with Crippen LogP contribution < -0.4 is 21.3 Å². The maximum atomic E-state index is 12.3. The summed E-state index contributed by atoms with van der Waals surface area (Å²) in [4.78, 5) is 24.6. The van der Waals surface area contributed by atoms with Gasteiger partial charge in [0, 0.05) is 22.3 Å². The maximum absolute atomic E-state index is 12.3. The molecule has 2 amide bonds. The van der Waals surface area contributed by atoms with Crippen molar-refractivity contribution >= 4 is 34.2 Å². The first kappa shape index (κ1) is 19.8. The second kappa shape index (κ2) is 8.53. The number of carbonyl (C=O) groups excluding carboxylic acids is 2. The molecule has 31 heavy (non-hydrogen) atoms. The molecule has 7 heteroatoms. The van der Waals surface area contributed by atoms with Crippen LogP contribution in [0, 0.1) is 0 Å². The molecule has 2 aromatic carbocycles. The van der Waals surface area contributed by atoms with E-state index >= 15 is 0 Å². The summed E-state index contributed by atoms with van der Waals surface area (Å²) in [6.45, 7) is 1.79. The van der Waals surface area contributed by atoms with Crippen molar-refractivity contribution in [3.05, 3.63) is 48.5 Å². The quantitative estimate of drug-likeness (QED) is 0.509. The summed E-state index contributed by atoms with van der Waals surface area (Å²) < 4.78 is 5.99. The molecule has 3 heterocycles. The number of carbonyl (C=O) groups is 2. The molecule has 0 saturated carbocycles. The molecule has 7 nitrogen and oxygen atoms in total. The fourth-order valence-corrected chi connectivity index (χ4v) is 4.26. The SMILES string of the molecule is O=C(Nc1ccc(-c2cc3cc(NC(=O)C4CCCN4)ccc3o2)cc1)C1CCCN1. The van der Waals surface area contributed by atoms with Crippen LogP contribution in [0.1, 0.15) is 25.7 Å². The second-order valence-electron chi connectivity index (χ2n) is 8.22. The highest BCUT2D eigenvalue weighted by Crippen LogP contribution is 2.30. The summed E-state index contributed by atoms with van der Waals surface area (Å²) >= 11 is 0. The molecule has 0 radical (unpaired) electrons. The van der Waals surface area contributed by atoms with Crippen LogP contribution in [0.25, 0.3) is 22.3 Å². The molecule has 2 unspecified atom stereocenters. The zero-order chi connectivity index (χ0) is 21.2. The Bertz CT molecular complexity index is 1090. The molecule has 0 spiro atoms. The first-order valence-corrected chi connectivity index (χ1v) is 10.9. The van der Waals surface area contributed by atoms with E-state index in [1.165, 1.54) is 0 Å². The lowest BCUT2D eigenvalue weighted by atomic mass is 10.1. The average molecular weight is 418 g/mol. The van der Waals surface area contributed by atoms with Crippen molar-refractivity contribution in [3.8, 4) is 11.3 Å². The van der Waals surface area contributed by atoms with Gasteiger partial charge >= 0.3 is 0 Å². The average Bonchev–Trinajstić information content (AvgIpc) is 3.55. The zero-order valence-corrected chi connectivity index (χ0v) is 17.2. The largest absolute Gasteiger partial charge is 0.456 e. The highest BCUT2D eigenvalue weighted by Gasteiger charge is 2.23. The van der Waals surface area contributed by atoms with Crippen LogP contribution >= 0.6 is 0 Å². The van der Waals surface area contributed by atoms with Crippen molar-refractivity contribution in [1.29, 1.82) is 0 Å². The van der Waals surface area contributed by atoms with E-state index in [2.05, 4.69) is 21.3 Å². The van der Waals surface area contributed by atoms with Crippen molar-refractivity contribution in [2.75, 3.05) is 23.7 Å². The van der Waals surface area contributed by atoms with Crippen LogP contribution in [0.4, 0.5) is 11.4 Å². The highest BCUT2D eigenvalue weighted by atomic mass is 16.3. The Balaban J connectivity index is 1.28. The lowest BCUT2D eigenvalue weighted by Crippen LogP contribution is -2.35. The van der Waals surface area contributed by atoms with Crippen LogP contribution in [0.2, 0.25) is 0 Å². The topological polar surface area (TPSA) is 95.4 Å². The molecule has 1 aromatic heterocycles. The Morgan fingerprint density at radius 1 is 0.806 bits per heavy atom. The van der Waals surface area contributed by atoms with E-state index in [1.54, 1.807) is 0 Å². The number of nitrogens with one attached hydrogen (secondary N) is 4. The van der Waals surface area contributed by atoms with Gasteiger partial charge in [-0.3, -0.25) is 9.59 Å². The first-order valence-electron chi connectivity index (χ1n) is 10.9. The predicted molar refractivity (Wildman–Crippen MR) is 121 cm³/mol. The van der Waals surface area contributed by atoms with Crippen LogP contribution in [0.3, 0.4) is 0 Å². The Morgan fingerprint density at radius 3 is 2.03 bits per heavy atom. The molecular weight excluding hydrogens is 392 g/mol. The Kier molecular flexibility index (Phi) is 5.44. The van der Waals surface area contributed by atoms with Crippen LogP contribution in [0.5, 0.6) is 0 Å². The van der Waals surface area contributed by atoms with Gasteiger partial charge in [-0.05, 0) is 87.3 Å². The minimum atomic E-state index is -0.112. The van der Waals surface area contributed by atoms with E-state index < -0.39 is 0 Å². The molecule has 2 aliphatic heterocycles. The minimum Gasteiger partial charge on any atom is -0.456 e. The monoisotopic (exact) mass is 418 g/mol. The molecule has 2 fully saturated rings. The normalized spacial score (nSPS) is 20.8. The van der Waals surface area contributed by atoms with Gasteiger partial charge in [0.1, 0.15) is 11.3 Å². The molecule has 2 saturated heterocycles. The third kappa shape index (κ3) is 4.33. The highest BCUT2D eigenvalue weighted by molar-refractivity contribution is 5.97. The van der Waals surface area contributed by atoms with E-state index in [9.17, 15) is 9.59 Å². The van der Waals surface area contributed by atoms with Crippen molar-refractivity contribution in [2.45, 2.75) is 37.8 Å². The van der Waals surface area contributed by atoms with Crippen molar-refractivity contribution in [2.24, 2.45) is 0 Å². The number of amides is 2. The van der Waals surface area contributed by atoms with E-state index in [0.29, 0.717) is 0 Å². The Labute approximate surface area is 180 Å². The summed E-state index contributed by atoms with van der Waals surface area (Å²) in [5.41, 5.74) is 3.21. The first-order chi connectivity index (χ1) is 15.2. The third-order valence-electron chi connectivity index (χ3n) is 5.97.